The molecule has 1 heterocycles. The zero-order valence-corrected chi connectivity index (χ0v) is 17.5. The van der Waals surface area contributed by atoms with Gasteiger partial charge >= 0.3 is 12.1 Å². The first kappa shape index (κ1) is 22.2. The molecule has 11 heteroatoms. The molecule has 2 aromatic rings. The standard InChI is InChI=1S/C17H21Cl2N5O3S/c1-2-20-15(25)21-5-6-27-9-12-10-28-17(23-12)24-16(26)22-8-11-3-4-13(18)14(19)7-11/h3-4,7,10H,2,5-6,8-9H2,1H3,(H2,20,21,25)(H2,22,23,24,26). The summed E-state index contributed by atoms with van der Waals surface area (Å²) in [6, 6.07) is 4.56. The molecule has 1 aromatic heterocycles. The summed E-state index contributed by atoms with van der Waals surface area (Å²) in [4.78, 5) is 27.5. The minimum atomic E-state index is -0.376. The van der Waals surface area contributed by atoms with Crippen molar-refractivity contribution < 1.29 is 14.3 Å². The molecule has 0 saturated carbocycles. The van der Waals surface area contributed by atoms with Gasteiger partial charge < -0.3 is 20.7 Å². The van der Waals surface area contributed by atoms with E-state index in [2.05, 4.69) is 26.3 Å². The molecule has 0 saturated heterocycles. The van der Waals surface area contributed by atoms with E-state index in [1.54, 1.807) is 23.6 Å². The van der Waals surface area contributed by atoms with Crippen LogP contribution in [0.5, 0.6) is 0 Å². The van der Waals surface area contributed by atoms with Crippen LogP contribution in [-0.4, -0.2) is 36.7 Å². The van der Waals surface area contributed by atoms with Gasteiger partial charge in [0.25, 0.3) is 0 Å². The number of hydrogen-bond acceptors (Lipinski definition) is 5. The van der Waals surface area contributed by atoms with Crippen LogP contribution >= 0.6 is 34.5 Å². The Bertz CT molecular complexity index is 803. The number of nitrogens with zero attached hydrogens (tertiary/aromatic N) is 1. The van der Waals surface area contributed by atoms with Gasteiger partial charge in [-0.05, 0) is 24.6 Å². The number of rotatable bonds is 9. The third-order valence-corrected chi connectivity index (χ3v) is 4.87. The highest BCUT2D eigenvalue weighted by Crippen LogP contribution is 2.22. The van der Waals surface area contributed by atoms with Gasteiger partial charge in [0.2, 0.25) is 0 Å². The largest absolute Gasteiger partial charge is 0.373 e. The number of anilines is 1. The first-order valence-electron chi connectivity index (χ1n) is 8.50. The van der Waals surface area contributed by atoms with Crippen molar-refractivity contribution in [3.8, 4) is 0 Å². The Morgan fingerprint density at radius 3 is 2.71 bits per heavy atom. The molecule has 0 radical (unpaired) electrons. The number of aromatic nitrogens is 1. The molecule has 8 nitrogen and oxygen atoms in total. The average molecular weight is 446 g/mol. The van der Waals surface area contributed by atoms with Gasteiger partial charge in [0.1, 0.15) is 0 Å². The molecule has 4 N–H and O–H groups in total. The molecule has 152 valence electrons. The summed E-state index contributed by atoms with van der Waals surface area (Å²) in [6.45, 7) is 3.78. The van der Waals surface area contributed by atoms with Crippen LogP contribution in [0.4, 0.5) is 14.7 Å². The summed E-state index contributed by atoms with van der Waals surface area (Å²) in [5, 5.41) is 13.8. The summed E-state index contributed by atoms with van der Waals surface area (Å²) in [6.07, 6.45) is 0. The third kappa shape index (κ3) is 7.89. The number of ether oxygens (including phenoxy) is 1. The molecule has 0 fully saturated rings. The molecule has 4 amide bonds. The maximum atomic E-state index is 12.0. The number of urea groups is 2. The monoisotopic (exact) mass is 445 g/mol. The molecule has 2 rings (SSSR count). The first-order valence-corrected chi connectivity index (χ1v) is 10.1. The van der Waals surface area contributed by atoms with E-state index in [0.29, 0.717) is 53.7 Å². The van der Waals surface area contributed by atoms with E-state index < -0.39 is 0 Å². The van der Waals surface area contributed by atoms with Crippen LogP contribution in [-0.2, 0) is 17.9 Å². The van der Waals surface area contributed by atoms with Crippen molar-refractivity contribution in [2.45, 2.75) is 20.1 Å². The van der Waals surface area contributed by atoms with E-state index in [1.165, 1.54) is 11.3 Å². The van der Waals surface area contributed by atoms with E-state index in [4.69, 9.17) is 27.9 Å². The average Bonchev–Trinajstić information content (AvgIpc) is 3.10. The van der Waals surface area contributed by atoms with Gasteiger partial charge in [0.05, 0.1) is 29.0 Å². The van der Waals surface area contributed by atoms with Crippen molar-refractivity contribution in [3.05, 3.63) is 44.9 Å². The molecular formula is C17H21Cl2N5O3S. The lowest BCUT2D eigenvalue weighted by molar-refractivity contribution is 0.121. The number of thiazole rings is 1. The molecule has 0 aliphatic carbocycles. The van der Waals surface area contributed by atoms with Gasteiger partial charge in [-0.3, -0.25) is 5.32 Å². The lowest BCUT2D eigenvalue weighted by Gasteiger charge is -2.07. The predicted molar refractivity (Wildman–Crippen MR) is 111 cm³/mol. The Balaban J connectivity index is 1.66. The van der Waals surface area contributed by atoms with E-state index in [0.717, 1.165) is 5.56 Å². The van der Waals surface area contributed by atoms with E-state index >= 15 is 0 Å². The number of amides is 4. The highest BCUT2D eigenvalue weighted by Gasteiger charge is 2.07. The minimum absolute atomic E-state index is 0.224. The van der Waals surface area contributed by atoms with E-state index in [9.17, 15) is 9.59 Å². The molecule has 28 heavy (non-hydrogen) atoms. The Labute approximate surface area is 177 Å². The van der Waals surface area contributed by atoms with Crippen LogP contribution in [0.1, 0.15) is 18.2 Å². The summed E-state index contributed by atoms with van der Waals surface area (Å²) in [5.74, 6) is 0. The van der Waals surface area contributed by atoms with Gasteiger partial charge in [0.15, 0.2) is 5.13 Å². The molecule has 0 atom stereocenters. The molecule has 0 spiro atoms. The summed E-state index contributed by atoms with van der Waals surface area (Å²) in [7, 11) is 0. The van der Waals surface area contributed by atoms with Crippen molar-refractivity contribution >= 4 is 51.7 Å². The van der Waals surface area contributed by atoms with Crippen LogP contribution < -0.4 is 21.3 Å². The van der Waals surface area contributed by atoms with Crippen molar-refractivity contribution in [1.82, 2.24) is 20.9 Å². The highest BCUT2D eigenvalue weighted by molar-refractivity contribution is 7.13. The number of carbonyl (C=O) groups is 2. The van der Waals surface area contributed by atoms with Crippen molar-refractivity contribution in [2.75, 3.05) is 25.0 Å². The molecular weight excluding hydrogens is 425 g/mol. The van der Waals surface area contributed by atoms with Crippen LogP contribution in [0.15, 0.2) is 23.6 Å². The van der Waals surface area contributed by atoms with Gasteiger partial charge in [0, 0.05) is 25.0 Å². The van der Waals surface area contributed by atoms with E-state index in [1.807, 2.05) is 6.92 Å². The number of nitrogens with one attached hydrogen (secondary N) is 4. The second-order valence-corrected chi connectivity index (χ2v) is 7.21. The maximum absolute atomic E-state index is 12.0. The summed E-state index contributed by atoms with van der Waals surface area (Å²) < 4.78 is 5.44. The second-order valence-electron chi connectivity index (χ2n) is 5.54. The second kappa shape index (κ2) is 11.7. The quantitative estimate of drug-likeness (QED) is 0.442. The summed E-state index contributed by atoms with van der Waals surface area (Å²) >= 11 is 13.1. The number of carbonyl (C=O) groups excluding carboxylic acids is 2. The van der Waals surface area contributed by atoms with Crippen LogP contribution in [0, 0.1) is 0 Å². The topological polar surface area (TPSA) is 104 Å². The Morgan fingerprint density at radius 1 is 1.14 bits per heavy atom. The van der Waals surface area contributed by atoms with Crippen molar-refractivity contribution in [1.29, 1.82) is 0 Å². The molecule has 0 aliphatic heterocycles. The maximum Gasteiger partial charge on any atom is 0.321 e. The van der Waals surface area contributed by atoms with Crippen molar-refractivity contribution in [3.63, 3.8) is 0 Å². The molecule has 0 aliphatic rings. The van der Waals surface area contributed by atoms with Gasteiger partial charge in [-0.2, -0.15) is 0 Å². The molecule has 0 bridgehead atoms. The number of hydrogen-bond donors (Lipinski definition) is 4. The molecule has 1 aromatic carbocycles. The smallest absolute Gasteiger partial charge is 0.321 e. The first-order chi connectivity index (χ1) is 13.5. The zero-order valence-electron chi connectivity index (χ0n) is 15.2. The third-order valence-electron chi connectivity index (χ3n) is 3.33. The number of halogens is 2. The fraction of sp³-hybridized carbons (Fsp3) is 0.353. The Kier molecular flexibility index (Phi) is 9.29. The minimum Gasteiger partial charge on any atom is -0.373 e. The van der Waals surface area contributed by atoms with Gasteiger partial charge in [-0.15, -0.1) is 11.3 Å². The van der Waals surface area contributed by atoms with Crippen LogP contribution in [0.3, 0.4) is 0 Å². The van der Waals surface area contributed by atoms with Gasteiger partial charge in [-0.1, -0.05) is 29.3 Å². The highest BCUT2D eigenvalue weighted by atomic mass is 35.5. The normalized spacial score (nSPS) is 10.4. The fourth-order valence-corrected chi connectivity index (χ4v) is 3.05. The number of benzene rings is 1. The SMILES string of the molecule is CCNC(=O)NCCOCc1csc(NC(=O)NCc2ccc(Cl)c(Cl)c2)n1. The summed E-state index contributed by atoms with van der Waals surface area (Å²) in [5.41, 5.74) is 1.53. The van der Waals surface area contributed by atoms with E-state index in [-0.39, 0.29) is 12.1 Å². The lowest BCUT2D eigenvalue weighted by atomic mass is 10.2. The fourth-order valence-electron chi connectivity index (χ4n) is 2.04. The Hall–Kier alpha value is -2.07. The lowest BCUT2D eigenvalue weighted by Crippen LogP contribution is -2.37. The zero-order chi connectivity index (χ0) is 20.4. The van der Waals surface area contributed by atoms with Gasteiger partial charge in [-0.25, -0.2) is 14.6 Å². The Morgan fingerprint density at radius 2 is 1.96 bits per heavy atom. The van der Waals surface area contributed by atoms with Crippen LogP contribution in [0.25, 0.3) is 0 Å². The van der Waals surface area contributed by atoms with Crippen LogP contribution in [0.2, 0.25) is 10.0 Å². The molecule has 0 unspecified atom stereocenters. The van der Waals surface area contributed by atoms with Crippen molar-refractivity contribution in [2.24, 2.45) is 0 Å². The predicted octanol–water partition coefficient (Wildman–Crippen LogP) is 3.61.